The summed E-state index contributed by atoms with van der Waals surface area (Å²) in [6, 6.07) is 4.79. The van der Waals surface area contributed by atoms with Crippen molar-refractivity contribution in [1.29, 1.82) is 0 Å². The van der Waals surface area contributed by atoms with Gasteiger partial charge in [0.2, 0.25) is 5.91 Å². The van der Waals surface area contributed by atoms with E-state index in [-0.39, 0.29) is 29.9 Å². The Hall–Kier alpha value is -2.25. The standard InChI is InChI=1S/C16H19F3N2O3/c17-16(18,19)12-3-1-2-4-13(12)24-10-15(23)21-7-5-11(6-8-21)9-14(20)22/h1-4,11H,5-10H2,(H2,20,22). The Bertz CT molecular complexity index is 596. The van der Waals surface area contributed by atoms with E-state index in [1.54, 1.807) is 0 Å². The quantitative estimate of drug-likeness (QED) is 0.890. The minimum absolute atomic E-state index is 0.151. The fourth-order valence-corrected chi connectivity index (χ4v) is 2.73. The lowest BCUT2D eigenvalue weighted by Gasteiger charge is -2.31. The van der Waals surface area contributed by atoms with Crippen molar-refractivity contribution >= 4 is 11.8 Å². The molecule has 1 heterocycles. The number of likely N-dealkylation sites (tertiary alicyclic amines) is 1. The number of para-hydroxylation sites is 1. The number of nitrogens with two attached hydrogens (primary N) is 1. The number of amides is 2. The third-order valence-electron chi connectivity index (χ3n) is 4.00. The third-order valence-corrected chi connectivity index (χ3v) is 4.00. The predicted molar refractivity (Wildman–Crippen MR) is 80.1 cm³/mol. The first-order chi connectivity index (χ1) is 11.3. The Labute approximate surface area is 137 Å². The van der Waals surface area contributed by atoms with E-state index in [9.17, 15) is 22.8 Å². The van der Waals surface area contributed by atoms with Crippen LogP contribution < -0.4 is 10.5 Å². The molecule has 0 saturated carbocycles. The van der Waals surface area contributed by atoms with Gasteiger partial charge in [0, 0.05) is 19.5 Å². The SMILES string of the molecule is NC(=O)CC1CCN(C(=O)COc2ccccc2C(F)(F)F)CC1. The lowest BCUT2D eigenvalue weighted by Crippen LogP contribution is -2.41. The minimum atomic E-state index is -4.53. The first-order valence-corrected chi connectivity index (χ1v) is 7.62. The van der Waals surface area contributed by atoms with E-state index in [1.807, 2.05) is 0 Å². The molecule has 1 aromatic rings. The summed E-state index contributed by atoms with van der Waals surface area (Å²) < 4.78 is 43.7. The van der Waals surface area contributed by atoms with Crippen molar-refractivity contribution in [2.75, 3.05) is 19.7 Å². The summed E-state index contributed by atoms with van der Waals surface area (Å²) in [6.07, 6.45) is -2.95. The van der Waals surface area contributed by atoms with Crippen LogP contribution in [0.5, 0.6) is 5.75 Å². The summed E-state index contributed by atoms with van der Waals surface area (Å²) in [4.78, 5) is 24.5. The Morgan fingerprint density at radius 2 is 1.83 bits per heavy atom. The van der Waals surface area contributed by atoms with E-state index in [2.05, 4.69) is 0 Å². The van der Waals surface area contributed by atoms with E-state index in [4.69, 9.17) is 10.5 Å². The number of carbonyl (C=O) groups excluding carboxylic acids is 2. The molecule has 2 amide bonds. The number of hydrogen-bond donors (Lipinski definition) is 1. The van der Waals surface area contributed by atoms with Gasteiger partial charge in [0.25, 0.3) is 5.91 Å². The molecule has 1 saturated heterocycles. The van der Waals surface area contributed by atoms with Crippen LogP contribution in [0.3, 0.4) is 0 Å². The van der Waals surface area contributed by atoms with Crippen molar-refractivity contribution in [3.05, 3.63) is 29.8 Å². The lowest BCUT2D eigenvalue weighted by molar-refractivity contribution is -0.141. The van der Waals surface area contributed by atoms with Gasteiger partial charge >= 0.3 is 6.18 Å². The molecule has 1 aromatic carbocycles. The number of benzene rings is 1. The smallest absolute Gasteiger partial charge is 0.419 e. The van der Waals surface area contributed by atoms with Crippen molar-refractivity contribution in [3.8, 4) is 5.75 Å². The van der Waals surface area contributed by atoms with Crippen molar-refractivity contribution in [3.63, 3.8) is 0 Å². The molecule has 8 heteroatoms. The maximum absolute atomic E-state index is 12.9. The molecular formula is C16H19F3N2O3. The van der Waals surface area contributed by atoms with Crippen LogP contribution in [0.2, 0.25) is 0 Å². The van der Waals surface area contributed by atoms with Crippen LogP contribution in [0, 0.1) is 5.92 Å². The van der Waals surface area contributed by atoms with Gasteiger partial charge in [-0.05, 0) is 30.9 Å². The van der Waals surface area contributed by atoms with Crippen molar-refractivity contribution < 1.29 is 27.5 Å². The number of ether oxygens (including phenoxy) is 1. The molecule has 2 N–H and O–H groups in total. The molecular weight excluding hydrogens is 325 g/mol. The maximum Gasteiger partial charge on any atom is 0.419 e. The number of halogens is 3. The van der Waals surface area contributed by atoms with Crippen molar-refractivity contribution in [2.24, 2.45) is 11.7 Å². The summed E-state index contributed by atoms with van der Waals surface area (Å²) in [7, 11) is 0. The van der Waals surface area contributed by atoms with E-state index in [0.717, 1.165) is 6.07 Å². The predicted octanol–water partition coefficient (Wildman–Crippen LogP) is 2.20. The average molecular weight is 344 g/mol. The van der Waals surface area contributed by atoms with Gasteiger partial charge in [-0.1, -0.05) is 12.1 Å². The van der Waals surface area contributed by atoms with Crippen LogP contribution in [0.15, 0.2) is 24.3 Å². The highest BCUT2D eigenvalue weighted by molar-refractivity contribution is 5.78. The van der Waals surface area contributed by atoms with Gasteiger partial charge < -0.3 is 15.4 Å². The highest BCUT2D eigenvalue weighted by Gasteiger charge is 2.34. The second kappa shape index (κ2) is 7.55. The number of piperidine rings is 1. The highest BCUT2D eigenvalue weighted by atomic mass is 19.4. The summed E-state index contributed by atoms with van der Waals surface area (Å²) in [5.41, 5.74) is 4.24. The fraction of sp³-hybridized carbons (Fsp3) is 0.500. The van der Waals surface area contributed by atoms with Crippen molar-refractivity contribution in [1.82, 2.24) is 4.90 Å². The van der Waals surface area contributed by atoms with E-state index in [1.165, 1.54) is 23.1 Å². The van der Waals surface area contributed by atoms with E-state index >= 15 is 0 Å². The zero-order valence-electron chi connectivity index (χ0n) is 13.0. The van der Waals surface area contributed by atoms with Gasteiger partial charge in [-0.25, -0.2) is 0 Å². The monoisotopic (exact) mass is 344 g/mol. The van der Waals surface area contributed by atoms with Gasteiger partial charge in [-0.3, -0.25) is 9.59 Å². The van der Waals surface area contributed by atoms with Crippen molar-refractivity contribution in [2.45, 2.75) is 25.4 Å². The van der Waals surface area contributed by atoms with Crippen LogP contribution in [-0.2, 0) is 15.8 Å². The Morgan fingerprint density at radius 1 is 1.21 bits per heavy atom. The first-order valence-electron chi connectivity index (χ1n) is 7.62. The summed E-state index contributed by atoms with van der Waals surface area (Å²) in [5, 5.41) is 0. The van der Waals surface area contributed by atoms with Crippen LogP contribution in [0.25, 0.3) is 0 Å². The number of carbonyl (C=O) groups is 2. The average Bonchev–Trinajstić information content (AvgIpc) is 2.52. The maximum atomic E-state index is 12.9. The molecule has 0 aliphatic carbocycles. The highest BCUT2D eigenvalue weighted by Crippen LogP contribution is 2.35. The molecule has 1 fully saturated rings. The molecule has 132 valence electrons. The number of alkyl halides is 3. The number of nitrogens with zero attached hydrogens (tertiary/aromatic N) is 1. The molecule has 1 aliphatic heterocycles. The zero-order valence-corrected chi connectivity index (χ0v) is 13.0. The lowest BCUT2D eigenvalue weighted by atomic mass is 9.93. The van der Waals surface area contributed by atoms with E-state index < -0.39 is 18.3 Å². The molecule has 0 radical (unpaired) electrons. The molecule has 0 bridgehead atoms. The fourth-order valence-electron chi connectivity index (χ4n) is 2.73. The number of primary amides is 1. The molecule has 24 heavy (non-hydrogen) atoms. The number of hydrogen-bond acceptors (Lipinski definition) is 3. The first kappa shape index (κ1) is 18.1. The number of rotatable bonds is 5. The molecule has 5 nitrogen and oxygen atoms in total. The zero-order chi connectivity index (χ0) is 17.7. The molecule has 1 aliphatic rings. The molecule has 0 unspecified atom stereocenters. The van der Waals surface area contributed by atoms with Crippen LogP contribution in [0.4, 0.5) is 13.2 Å². The normalized spacial score (nSPS) is 16.0. The van der Waals surface area contributed by atoms with Gasteiger partial charge in [-0.2, -0.15) is 13.2 Å². The van der Waals surface area contributed by atoms with Crippen LogP contribution in [0.1, 0.15) is 24.8 Å². The summed E-state index contributed by atoms with van der Waals surface area (Å²) in [6.45, 7) is 0.440. The van der Waals surface area contributed by atoms with Gasteiger partial charge in [0.1, 0.15) is 5.75 Å². The summed E-state index contributed by atoms with van der Waals surface area (Å²) >= 11 is 0. The second-order valence-corrected chi connectivity index (χ2v) is 5.78. The third kappa shape index (κ3) is 4.87. The van der Waals surface area contributed by atoms with E-state index in [0.29, 0.717) is 25.9 Å². The minimum Gasteiger partial charge on any atom is -0.483 e. The molecule has 0 aromatic heterocycles. The van der Waals surface area contributed by atoms with Gasteiger partial charge in [0.05, 0.1) is 5.56 Å². The molecule has 2 rings (SSSR count). The topological polar surface area (TPSA) is 72.6 Å². The molecule has 0 spiro atoms. The Morgan fingerprint density at radius 3 is 2.42 bits per heavy atom. The van der Waals surface area contributed by atoms with Gasteiger partial charge in [0.15, 0.2) is 6.61 Å². The summed E-state index contributed by atoms with van der Waals surface area (Å²) in [5.74, 6) is -0.947. The Kier molecular flexibility index (Phi) is 5.69. The second-order valence-electron chi connectivity index (χ2n) is 5.78. The largest absolute Gasteiger partial charge is 0.483 e. The van der Waals surface area contributed by atoms with Crippen LogP contribution >= 0.6 is 0 Å². The Balaban J connectivity index is 1.88. The van der Waals surface area contributed by atoms with Crippen LogP contribution in [-0.4, -0.2) is 36.4 Å². The van der Waals surface area contributed by atoms with Gasteiger partial charge in [-0.15, -0.1) is 0 Å². The molecule has 0 atom stereocenters.